The molecule has 0 bridgehead atoms. The van der Waals surface area contributed by atoms with E-state index in [4.69, 9.17) is 0 Å². The number of anilines is 1. The summed E-state index contributed by atoms with van der Waals surface area (Å²) in [6, 6.07) is 9.54. The molecule has 0 fully saturated rings. The number of hydrogen-bond donors (Lipinski definition) is 2. The average molecular weight is 273 g/mol. The minimum Gasteiger partial charge on any atom is -0.389 e. The van der Waals surface area contributed by atoms with Gasteiger partial charge in [-0.1, -0.05) is 30.3 Å². The number of aromatic nitrogens is 2. The van der Waals surface area contributed by atoms with E-state index in [0.29, 0.717) is 23.5 Å². The lowest BCUT2D eigenvalue weighted by Gasteiger charge is -2.17. The highest BCUT2D eigenvalue weighted by molar-refractivity contribution is 5.70. The topological polar surface area (TPSA) is 67.2 Å². The van der Waals surface area contributed by atoms with E-state index < -0.39 is 6.10 Å². The molecule has 5 nitrogen and oxygen atoms in total. The summed E-state index contributed by atoms with van der Waals surface area (Å²) in [6.07, 6.45) is -0.777. The van der Waals surface area contributed by atoms with Crippen molar-refractivity contribution in [3.8, 4) is 11.3 Å². The van der Waals surface area contributed by atoms with Gasteiger partial charge in [0, 0.05) is 24.7 Å². The first-order valence-corrected chi connectivity index (χ1v) is 6.64. The van der Waals surface area contributed by atoms with E-state index in [0.717, 1.165) is 5.56 Å². The monoisotopic (exact) mass is 273 g/mol. The molecule has 5 heteroatoms. The van der Waals surface area contributed by atoms with E-state index in [1.165, 1.54) is 4.68 Å². The van der Waals surface area contributed by atoms with Gasteiger partial charge in [0.2, 0.25) is 0 Å². The van der Waals surface area contributed by atoms with Crippen LogP contribution in [0.1, 0.15) is 25.5 Å². The van der Waals surface area contributed by atoms with Crippen molar-refractivity contribution < 1.29 is 5.11 Å². The molecule has 1 heterocycles. The molecule has 0 spiro atoms. The number of aliphatic hydroxyl groups excluding tert-OH is 1. The highest BCUT2D eigenvalue weighted by atomic mass is 16.3. The van der Waals surface area contributed by atoms with Gasteiger partial charge in [-0.2, -0.15) is 5.10 Å². The summed E-state index contributed by atoms with van der Waals surface area (Å²) in [5, 5.41) is 17.4. The van der Waals surface area contributed by atoms with Gasteiger partial charge in [-0.15, -0.1) is 0 Å². The molecule has 1 aromatic carbocycles. The van der Waals surface area contributed by atoms with Crippen LogP contribution in [-0.4, -0.2) is 21.4 Å². The fourth-order valence-corrected chi connectivity index (χ4v) is 2.21. The smallest absolute Gasteiger partial charge is 0.290 e. The second-order valence-corrected chi connectivity index (χ2v) is 4.64. The Morgan fingerprint density at radius 2 is 2.00 bits per heavy atom. The third-order valence-electron chi connectivity index (χ3n) is 3.10. The summed E-state index contributed by atoms with van der Waals surface area (Å²) in [6.45, 7) is 4.16. The predicted molar refractivity (Wildman–Crippen MR) is 79.7 cm³/mol. The van der Waals surface area contributed by atoms with Crippen molar-refractivity contribution in [1.82, 2.24) is 9.78 Å². The summed E-state index contributed by atoms with van der Waals surface area (Å²) >= 11 is 0. The first-order chi connectivity index (χ1) is 9.56. The van der Waals surface area contributed by atoms with E-state index in [2.05, 4.69) is 10.4 Å². The lowest BCUT2D eigenvalue weighted by atomic mass is 10.0. The fraction of sp³-hybridized carbons (Fsp3) is 0.333. The molecule has 20 heavy (non-hydrogen) atoms. The van der Waals surface area contributed by atoms with Crippen LogP contribution in [-0.2, 0) is 7.05 Å². The average Bonchev–Trinajstić information content (AvgIpc) is 2.44. The number of nitrogens with one attached hydrogen (secondary N) is 1. The molecule has 0 aliphatic heterocycles. The Kier molecular flexibility index (Phi) is 4.20. The number of rotatable bonds is 4. The van der Waals surface area contributed by atoms with Crippen LogP contribution in [0, 0.1) is 0 Å². The molecule has 0 aliphatic rings. The maximum atomic E-state index is 12.2. The zero-order chi connectivity index (χ0) is 14.7. The Labute approximate surface area is 117 Å². The van der Waals surface area contributed by atoms with Crippen LogP contribution >= 0.6 is 0 Å². The Hall–Kier alpha value is -2.14. The molecule has 1 aromatic heterocycles. The number of nitrogens with zero attached hydrogens (tertiary/aromatic N) is 2. The van der Waals surface area contributed by atoms with Crippen LogP contribution in [0.2, 0.25) is 0 Å². The van der Waals surface area contributed by atoms with E-state index in [9.17, 15) is 9.90 Å². The molecule has 0 saturated carbocycles. The lowest BCUT2D eigenvalue weighted by molar-refractivity contribution is 0.199. The zero-order valence-corrected chi connectivity index (χ0v) is 11.9. The molecule has 106 valence electrons. The van der Waals surface area contributed by atoms with Crippen molar-refractivity contribution in [2.75, 3.05) is 11.9 Å². The maximum absolute atomic E-state index is 12.2. The second-order valence-electron chi connectivity index (χ2n) is 4.64. The van der Waals surface area contributed by atoms with Gasteiger partial charge >= 0.3 is 0 Å². The molecule has 2 aromatic rings. The summed E-state index contributed by atoms with van der Waals surface area (Å²) < 4.78 is 1.30. The van der Waals surface area contributed by atoms with Gasteiger partial charge in [0.1, 0.15) is 5.69 Å². The van der Waals surface area contributed by atoms with Crippen molar-refractivity contribution in [1.29, 1.82) is 0 Å². The summed E-state index contributed by atoms with van der Waals surface area (Å²) in [5.41, 5.74) is 2.22. The van der Waals surface area contributed by atoms with Crippen molar-refractivity contribution >= 4 is 5.69 Å². The van der Waals surface area contributed by atoms with Gasteiger partial charge in [-0.05, 0) is 13.8 Å². The Bertz CT molecular complexity index is 648. The number of aliphatic hydroxyl groups is 1. The summed E-state index contributed by atoms with van der Waals surface area (Å²) in [5.74, 6) is 0. The third kappa shape index (κ3) is 2.58. The Morgan fingerprint density at radius 1 is 1.35 bits per heavy atom. The fourth-order valence-electron chi connectivity index (χ4n) is 2.21. The predicted octanol–water partition coefficient (Wildman–Crippen LogP) is 1.93. The number of benzene rings is 1. The van der Waals surface area contributed by atoms with E-state index >= 15 is 0 Å². The van der Waals surface area contributed by atoms with Crippen LogP contribution in [0.25, 0.3) is 11.3 Å². The standard InChI is InChI=1S/C15H19N3O2/c1-4-16-14-12(10(2)19)13(17-18(3)15(14)20)11-8-6-5-7-9-11/h5-10,16,19H,4H2,1-3H3. The number of aryl methyl sites for hydroxylation is 1. The van der Waals surface area contributed by atoms with Crippen LogP contribution in [0.4, 0.5) is 5.69 Å². The SMILES string of the molecule is CCNc1c(C(C)O)c(-c2ccccc2)nn(C)c1=O. The van der Waals surface area contributed by atoms with Gasteiger partial charge in [0.25, 0.3) is 5.56 Å². The first-order valence-electron chi connectivity index (χ1n) is 6.64. The molecular formula is C15H19N3O2. The lowest BCUT2D eigenvalue weighted by Crippen LogP contribution is -2.27. The largest absolute Gasteiger partial charge is 0.389 e. The second kappa shape index (κ2) is 5.88. The van der Waals surface area contributed by atoms with Crippen molar-refractivity contribution in [3.63, 3.8) is 0 Å². The van der Waals surface area contributed by atoms with Gasteiger partial charge in [-0.25, -0.2) is 4.68 Å². The highest BCUT2D eigenvalue weighted by Crippen LogP contribution is 2.29. The molecule has 2 N–H and O–H groups in total. The quantitative estimate of drug-likeness (QED) is 0.893. The molecule has 1 atom stereocenters. The van der Waals surface area contributed by atoms with Crippen molar-refractivity contribution in [3.05, 3.63) is 46.2 Å². The van der Waals surface area contributed by atoms with Crippen LogP contribution in [0.15, 0.2) is 35.1 Å². The Balaban J connectivity index is 2.77. The highest BCUT2D eigenvalue weighted by Gasteiger charge is 2.20. The minimum absolute atomic E-state index is 0.234. The molecule has 2 rings (SSSR count). The first kappa shape index (κ1) is 14.3. The van der Waals surface area contributed by atoms with Gasteiger partial charge in [0.05, 0.1) is 11.8 Å². The van der Waals surface area contributed by atoms with E-state index in [-0.39, 0.29) is 5.56 Å². The molecule has 0 aliphatic carbocycles. The van der Waals surface area contributed by atoms with E-state index in [1.807, 2.05) is 37.3 Å². The van der Waals surface area contributed by atoms with Crippen LogP contribution < -0.4 is 10.9 Å². The van der Waals surface area contributed by atoms with Crippen LogP contribution in [0.3, 0.4) is 0 Å². The van der Waals surface area contributed by atoms with Crippen LogP contribution in [0.5, 0.6) is 0 Å². The Morgan fingerprint density at radius 3 is 2.55 bits per heavy atom. The van der Waals surface area contributed by atoms with Crippen molar-refractivity contribution in [2.45, 2.75) is 20.0 Å². The van der Waals surface area contributed by atoms with Crippen molar-refractivity contribution in [2.24, 2.45) is 7.05 Å². The molecular weight excluding hydrogens is 254 g/mol. The zero-order valence-electron chi connectivity index (χ0n) is 11.9. The van der Waals surface area contributed by atoms with E-state index in [1.54, 1.807) is 14.0 Å². The normalized spacial score (nSPS) is 12.2. The molecule has 0 amide bonds. The number of hydrogen-bond acceptors (Lipinski definition) is 4. The molecule has 1 unspecified atom stereocenters. The van der Waals surface area contributed by atoms with Gasteiger partial charge < -0.3 is 10.4 Å². The minimum atomic E-state index is -0.777. The molecule has 0 radical (unpaired) electrons. The molecule has 0 saturated heterocycles. The third-order valence-corrected chi connectivity index (χ3v) is 3.10. The maximum Gasteiger partial charge on any atom is 0.290 e. The van der Waals surface area contributed by atoms with Gasteiger partial charge in [0.15, 0.2) is 0 Å². The van der Waals surface area contributed by atoms with Gasteiger partial charge in [-0.3, -0.25) is 4.79 Å². The summed E-state index contributed by atoms with van der Waals surface area (Å²) in [4.78, 5) is 12.2. The summed E-state index contributed by atoms with van der Waals surface area (Å²) in [7, 11) is 1.61.